The Hall–Kier alpha value is -0.560. The molecule has 7 heteroatoms. The first kappa shape index (κ1) is 18.8. The molecule has 0 rings (SSSR count). The highest BCUT2D eigenvalue weighted by molar-refractivity contribution is 8.77. The fourth-order valence-corrected chi connectivity index (χ4v) is 3.91. The van der Waals surface area contributed by atoms with Crippen LogP contribution in [0, 0.1) is 0 Å². The standard InChI is InChI=1S/C16H32N2O3S2/c1-9-18(10-2)13(19)12(11-22-23-16(6,7)8)17-14(20)21-15(3,4)5/h12H,9-11H2,1-8H3,(H,17,20)/i1T,2T. The van der Waals surface area contributed by atoms with Gasteiger partial charge in [-0.2, -0.15) is 0 Å². The lowest BCUT2D eigenvalue weighted by molar-refractivity contribution is -0.132. The van der Waals surface area contributed by atoms with Gasteiger partial charge in [0.25, 0.3) is 0 Å². The number of carbonyl (C=O) groups is 2. The van der Waals surface area contributed by atoms with Crippen LogP contribution in [0.2, 0.25) is 0 Å². The Labute approximate surface area is 151 Å². The van der Waals surface area contributed by atoms with Gasteiger partial charge in [0, 0.05) is 26.3 Å². The normalized spacial score (nSPS) is 14.5. The maximum atomic E-state index is 12.7. The molecule has 2 amide bonds. The van der Waals surface area contributed by atoms with E-state index in [1.807, 2.05) is 0 Å². The van der Waals surface area contributed by atoms with Gasteiger partial charge in [0.05, 0.1) is 0 Å². The van der Waals surface area contributed by atoms with Gasteiger partial charge < -0.3 is 15.0 Å². The fourth-order valence-electron chi connectivity index (χ4n) is 1.46. The topological polar surface area (TPSA) is 58.6 Å². The molecule has 1 N–H and O–H groups in total. The third kappa shape index (κ3) is 10.8. The van der Waals surface area contributed by atoms with Gasteiger partial charge in [0.2, 0.25) is 5.91 Å². The quantitative estimate of drug-likeness (QED) is 0.690. The molecule has 0 saturated carbocycles. The number of amides is 2. The van der Waals surface area contributed by atoms with Crippen LogP contribution in [0.25, 0.3) is 0 Å². The summed E-state index contributed by atoms with van der Waals surface area (Å²) in [6, 6.07) is -0.743. The highest BCUT2D eigenvalue weighted by atomic mass is 33.1. The maximum Gasteiger partial charge on any atom is 0.408 e. The molecule has 0 aromatic heterocycles. The molecule has 136 valence electrons. The summed E-state index contributed by atoms with van der Waals surface area (Å²) in [5, 5.41) is 2.65. The number of hydrogen-bond donors (Lipinski definition) is 1. The van der Waals surface area contributed by atoms with Gasteiger partial charge in [-0.05, 0) is 34.6 Å². The average Bonchev–Trinajstić information content (AvgIpc) is 2.42. The first-order valence-electron chi connectivity index (χ1n) is 8.98. The van der Waals surface area contributed by atoms with Crippen molar-refractivity contribution in [1.82, 2.24) is 10.2 Å². The highest BCUT2D eigenvalue weighted by Gasteiger charge is 2.27. The lowest BCUT2D eigenvalue weighted by Crippen LogP contribution is -2.51. The van der Waals surface area contributed by atoms with Crippen molar-refractivity contribution in [3.8, 4) is 0 Å². The van der Waals surface area contributed by atoms with Crippen molar-refractivity contribution in [2.75, 3.05) is 18.8 Å². The third-order valence-corrected chi connectivity index (χ3v) is 5.73. The Morgan fingerprint density at radius 3 is 2.17 bits per heavy atom. The van der Waals surface area contributed by atoms with Crippen LogP contribution in [0.1, 0.15) is 58.1 Å². The van der Waals surface area contributed by atoms with Gasteiger partial charge in [-0.25, -0.2) is 4.79 Å². The largest absolute Gasteiger partial charge is 0.444 e. The summed E-state index contributed by atoms with van der Waals surface area (Å²) in [4.78, 5) is 26.3. The number of likely N-dealkylation sites (N-methyl/N-ethyl adjacent to an activating group) is 1. The van der Waals surface area contributed by atoms with Gasteiger partial charge in [0.15, 0.2) is 0 Å². The van der Waals surface area contributed by atoms with E-state index < -0.39 is 17.7 Å². The summed E-state index contributed by atoms with van der Waals surface area (Å²) >= 11 is 0. The molecule has 1 unspecified atom stereocenters. The lowest BCUT2D eigenvalue weighted by atomic mass is 10.2. The van der Waals surface area contributed by atoms with Crippen LogP contribution in [-0.4, -0.2) is 52.1 Å². The first-order valence-corrected chi connectivity index (χ1v) is 9.89. The first-order chi connectivity index (χ1) is 11.4. The van der Waals surface area contributed by atoms with E-state index in [2.05, 4.69) is 26.1 Å². The highest BCUT2D eigenvalue weighted by Crippen LogP contribution is 2.35. The van der Waals surface area contributed by atoms with Crippen LogP contribution in [0.15, 0.2) is 0 Å². The molecule has 0 aliphatic rings. The Bertz CT molecular complexity index is 421. The second-order valence-electron chi connectivity index (χ2n) is 7.00. The SMILES string of the molecule is [3H]CCN(CC[3H])C(=O)C(CSSC(C)(C)C)NC(=O)OC(C)(C)C. The zero-order valence-electron chi connectivity index (χ0n) is 17.1. The van der Waals surface area contributed by atoms with Gasteiger partial charge in [0.1, 0.15) is 11.6 Å². The summed E-state index contributed by atoms with van der Waals surface area (Å²) < 4.78 is 20.0. The second kappa shape index (κ2) is 9.67. The van der Waals surface area contributed by atoms with E-state index in [1.54, 1.807) is 31.6 Å². The predicted molar refractivity (Wildman–Crippen MR) is 101 cm³/mol. The summed E-state index contributed by atoms with van der Waals surface area (Å²) in [5.74, 6) is 0.124. The van der Waals surface area contributed by atoms with E-state index in [4.69, 9.17) is 7.48 Å². The summed E-state index contributed by atoms with van der Waals surface area (Å²) in [5.41, 5.74) is -0.646. The van der Waals surface area contributed by atoms with Crippen molar-refractivity contribution in [2.45, 2.75) is 71.7 Å². The van der Waals surface area contributed by atoms with E-state index in [0.717, 1.165) is 0 Å². The second-order valence-corrected chi connectivity index (χ2v) is 10.2. The molecule has 0 saturated heterocycles. The molecular formula is C16H32N2O3S2. The summed E-state index contributed by atoms with van der Waals surface area (Å²) in [6.45, 7) is 12.2. The molecular weight excluding hydrogens is 332 g/mol. The van der Waals surface area contributed by atoms with Crippen molar-refractivity contribution < 1.29 is 17.1 Å². The molecule has 0 aliphatic heterocycles. The van der Waals surface area contributed by atoms with Gasteiger partial charge in [-0.3, -0.25) is 4.79 Å². The number of rotatable bonds is 7. The third-order valence-electron chi connectivity index (χ3n) is 2.38. The summed E-state index contributed by atoms with van der Waals surface area (Å²) in [7, 11) is 3.15. The smallest absolute Gasteiger partial charge is 0.408 e. The average molecular weight is 369 g/mol. The van der Waals surface area contributed by atoms with Gasteiger partial charge in [-0.15, -0.1) is 0 Å². The molecule has 1 atom stereocenters. The van der Waals surface area contributed by atoms with Gasteiger partial charge in [-0.1, -0.05) is 42.4 Å². The van der Waals surface area contributed by atoms with E-state index >= 15 is 0 Å². The number of hydrogen-bond acceptors (Lipinski definition) is 5. The van der Waals surface area contributed by atoms with Crippen molar-refractivity contribution in [1.29, 1.82) is 0 Å². The molecule has 0 aliphatic carbocycles. The van der Waals surface area contributed by atoms with Crippen molar-refractivity contribution in [3.63, 3.8) is 0 Å². The molecule has 23 heavy (non-hydrogen) atoms. The Morgan fingerprint density at radius 2 is 1.74 bits per heavy atom. The van der Waals surface area contributed by atoms with E-state index in [-0.39, 0.29) is 37.5 Å². The van der Waals surface area contributed by atoms with Crippen LogP contribution in [0.3, 0.4) is 0 Å². The monoisotopic (exact) mass is 368 g/mol. The fraction of sp³-hybridized carbons (Fsp3) is 0.875. The lowest BCUT2D eigenvalue weighted by Gasteiger charge is -2.27. The minimum atomic E-state index is -0.743. The molecule has 0 aromatic rings. The Balaban J connectivity index is 5.02. The zero-order valence-corrected chi connectivity index (χ0v) is 16.7. The van der Waals surface area contributed by atoms with Crippen LogP contribution in [0.5, 0.6) is 0 Å². The molecule has 0 heterocycles. The molecule has 0 fully saturated rings. The molecule has 0 radical (unpaired) electrons. The van der Waals surface area contributed by atoms with Crippen LogP contribution < -0.4 is 5.32 Å². The molecule has 5 nitrogen and oxygen atoms in total. The minimum Gasteiger partial charge on any atom is -0.444 e. The molecule has 0 aromatic carbocycles. The number of ether oxygens (including phenoxy) is 1. The Morgan fingerprint density at radius 1 is 1.17 bits per heavy atom. The molecule has 0 bridgehead atoms. The number of alkyl carbamates (subject to hydrolysis) is 1. The van der Waals surface area contributed by atoms with E-state index in [1.165, 1.54) is 15.7 Å². The van der Waals surface area contributed by atoms with Crippen molar-refractivity contribution in [2.24, 2.45) is 0 Å². The minimum absolute atomic E-state index is 0.0340. The Kier molecular flexibility index (Phi) is 7.89. The predicted octanol–water partition coefficient (Wildman–Crippen LogP) is 3.93. The molecule has 0 spiro atoms. The summed E-state index contributed by atoms with van der Waals surface area (Å²) in [6.07, 6.45) is -0.635. The van der Waals surface area contributed by atoms with Crippen molar-refractivity contribution in [3.05, 3.63) is 0 Å². The maximum absolute atomic E-state index is 12.7. The number of carbonyl (C=O) groups excluding carboxylic acids is 2. The van der Waals surface area contributed by atoms with Crippen LogP contribution in [0.4, 0.5) is 4.79 Å². The number of nitrogens with zero attached hydrogens (tertiary/aromatic N) is 1. The number of nitrogens with one attached hydrogen (secondary N) is 1. The van der Waals surface area contributed by atoms with E-state index in [0.29, 0.717) is 5.75 Å². The van der Waals surface area contributed by atoms with E-state index in [9.17, 15) is 9.59 Å². The van der Waals surface area contributed by atoms with Gasteiger partial charge >= 0.3 is 6.09 Å². The zero-order chi connectivity index (χ0) is 19.7. The van der Waals surface area contributed by atoms with Crippen LogP contribution in [-0.2, 0) is 9.53 Å². The van der Waals surface area contributed by atoms with Crippen molar-refractivity contribution >= 4 is 33.6 Å². The van der Waals surface area contributed by atoms with Crippen LogP contribution >= 0.6 is 21.6 Å².